The molecule has 2 atom stereocenters. The lowest BCUT2D eigenvalue weighted by atomic mass is 9.82. The number of carbonyl (C=O) groups excluding carboxylic acids is 1. The average molecular weight is 797 g/mol. The molecule has 5 heteroatoms. The highest BCUT2D eigenvalue weighted by Gasteiger charge is 2.31. The van der Waals surface area contributed by atoms with Crippen LogP contribution in [0.1, 0.15) is 98.2 Å². The van der Waals surface area contributed by atoms with Crippen molar-refractivity contribution in [2.75, 3.05) is 28.2 Å². The second-order valence-corrected chi connectivity index (χ2v) is 16.7. The van der Waals surface area contributed by atoms with Gasteiger partial charge in [-0.3, -0.25) is 0 Å². The molecule has 5 nitrogen and oxygen atoms in total. The maximum Gasteiger partial charge on any atom is 0.333 e. The maximum atomic E-state index is 12.6. The zero-order chi connectivity index (χ0) is 42.3. The fraction of sp³-hybridized carbons (Fsp3) is 0.309. The molecule has 60 heavy (non-hydrogen) atoms. The molecule has 0 aromatic heterocycles. The molecular formula is C55H62N3O2+. The van der Waals surface area contributed by atoms with E-state index in [4.69, 9.17) is 4.74 Å². The normalized spacial score (nSPS) is 15.1. The number of aryl methyl sites for hydroxylation is 4. The van der Waals surface area contributed by atoms with E-state index in [-0.39, 0.29) is 18.1 Å². The van der Waals surface area contributed by atoms with Gasteiger partial charge < -0.3 is 19.9 Å². The third kappa shape index (κ3) is 8.96. The minimum atomic E-state index is -0.316. The highest BCUT2D eigenvalue weighted by molar-refractivity contribution is 5.98. The lowest BCUT2D eigenvalue weighted by Crippen LogP contribution is -2.40. The summed E-state index contributed by atoms with van der Waals surface area (Å²) in [6, 6.07) is 44.8. The summed E-state index contributed by atoms with van der Waals surface area (Å²) in [6.07, 6.45) is 5.80. The van der Waals surface area contributed by atoms with Gasteiger partial charge in [0.05, 0.1) is 45.7 Å². The maximum absolute atomic E-state index is 12.6. The fourth-order valence-corrected chi connectivity index (χ4v) is 9.23. The van der Waals surface area contributed by atoms with Crippen LogP contribution in [0.2, 0.25) is 0 Å². The lowest BCUT2D eigenvalue weighted by molar-refractivity contribution is -0.146. The van der Waals surface area contributed by atoms with Crippen molar-refractivity contribution in [3.05, 3.63) is 178 Å². The molecule has 6 aromatic rings. The third-order valence-corrected chi connectivity index (χ3v) is 12.1. The first kappa shape index (κ1) is 42.2. The number of para-hydroxylation sites is 2. The molecular weight excluding hydrogens is 735 g/mol. The number of anilines is 5. The van der Waals surface area contributed by atoms with Crippen molar-refractivity contribution in [2.45, 2.75) is 99.1 Å². The molecule has 1 aliphatic rings. The number of hydrogen-bond donors (Lipinski definition) is 1. The Kier molecular flexibility index (Phi) is 13.3. The molecule has 1 N–H and O–H groups in total. The molecule has 0 radical (unpaired) electrons. The Morgan fingerprint density at radius 2 is 1.13 bits per heavy atom. The topological polar surface area (TPSA) is 44.8 Å². The van der Waals surface area contributed by atoms with Crippen molar-refractivity contribution < 1.29 is 9.53 Å². The monoisotopic (exact) mass is 796 g/mol. The summed E-state index contributed by atoms with van der Waals surface area (Å²) in [4.78, 5) is 17.6. The van der Waals surface area contributed by atoms with Crippen LogP contribution in [0, 0.1) is 33.6 Å². The van der Waals surface area contributed by atoms with Crippen LogP contribution in [0.4, 0.5) is 28.4 Å². The van der Waals surface area contributed by atoms with Gasteiger partial charge in [0.15, 0.2) is 0 Å². The Labute approximate surface area is 359 Å². The van der Waals surface area contributed by atoms with Crippen LogP contribution in [-0.4, -0.2) is 31.2 Å². The van der Waals surface area contributed by atoms with Crippen LogP contribution in [-0.2, 0) is 9.53 Å². The predicted molar refractivity (Wildman–Crippen MR) is 254 cm³/mol. The average Bonchev–Trinajstić information content (AvgIpc) is 3.25. The van der Waals surface area contributed by atoms with E-state index >= 15 is 0 Å². The number of rotatable bonds is 15. The van der Waals surface area contributed by atoms with Gasteiger partial charge in [-0.1, -0.05) is 75.4 Å². The van der Waals surface area contributed by atoms with Crippen molar-refractivity contribution in [1.82, 2.24) is 0 Å². The zero-order valence-electron chi connectivity index (χ0n) is 36.8. The quantitative estimate of drug-likeness (QED) is 0.0485. The van der Waals surface area contributed by atoms with Crippen molar-refractivity contribution in [3.8, 4) is 0 Å². The highest BCUT2D eigenvalue weighted by Crippen LogP contribution is 2.41. The third-order valence-electron chi connectivity index (χ3n) is 12.1. The van der Waals surface area contributed by atoms with Crippen LogP contribution >= 0.6 is 0 Å². The van der Waals surface area contributed by atoms with Crippen molar-refractivity contribution in [1.29, 1.82) is 0 Å². The van der Waals surface area contributed by atoms with Gasteiger partial charge in [-0.05, 0) is 162 Å². The van der Waals surface area contributed by atoms with Crippen molar-refractivity contribution in [3.63, 3.8) is 0 Å². The molecule has 0 aliphatic heterocycles. The van der Waals surface area contributed by atoms with Crippen LogP contribution in [0.5, 0.6) is 0 Å². The number of nitrogens with zero attached hydrogens (tertiary/aromatic N) is 2. The number of carbonyl (C=O) groups is 1. The molecule has 1 saturated carbocycles. The van der Waals surface area contributed by atoms with Gasteiger partial charge in [0.25, 0.3) is 0 Å². The summed E-state index contributed by atoms with van der Waals surface area (Å²) in [6.45, 7) is 20.8. The number of hydrogen-bond acceptors (Lipinski definition) is 5. The molecule has 0 saturated heterocycles. The zero-order valence-corrected chi connectivity index (χ0v) is 36.8. The molecule has 6 aromatic carbocycles. The first-order valence-electron chi connectivity index (χ1n) is 22.0. The van der Waals surface area contributed by atoms with E-state index in [2.05, 4.69) is 185 Å². The van der Waals surface area contributed by atoms with Gasteiger partial charge in [0.2, 0.25) is 0 Å². The fourth-order valence-electron chi connectivity index (χ4n) is 9.23. The molecule has 2 unspecified atom stereocenters. The second-order valence-electron chi connectivity index (χ2n) is 16.7. The number of ether oxygens (including phenoxy) is 1. The van der Waals surface area contributed by atoms with Gasteiger partial charge in [-0.15, -0.1) is 0 Å². The number of fused-ring (bicyclic) bond motifs is 1. The Bertz CT molecular complexity index is 2290. The van der Waals surface area contributed by atoms with Crippen molar-refractivity contribution in [2.24, 2.45) is 0 Å². The van der Waals surface area contributed by atoms with E-state index in [0.29, 0.717) is 5.57 Å². The second kappa shape index (κ2) is 19.0. The summed E-state index contributed by atoms with van der Waals surface area (Å²) in [7, 11) is 0. The van der Waals surface area contributed by atoms with E-state index in [1.165, 1.54) is 61.9 Å². The molecule has 0 bridgehead atoms. The molecule has 308 valence electrons. The Balaban J connectivity index is 1.32. The van der Waals surface area contributed by atoms with Crippen LogP contribution in [0.25, 0.3) is 10.8 Å². The summed E-state index contributed by atoms with van der Waals surface area (Å²) in [5.74, 6) is 0.869. The van der Waals surface area contributed by atoms with E-state index in [9.17, 15) is 4.79 Å². The minimum absolute atomic E-state index is 0.0192. The standard InChI is InChI=1S/C55H62N3O2/c1-9-35-57(53-38(5)17-15-18-39(53)6)44-29-25-42(26-30-44)52(43-27-31-45(32-28-43)58(36-10-2)54-40(7)19-16-20-41(54)8)48-33-34-49(47-22-12-11-21-46(47)48)56-50-23-13-14-24-51(50)60-55(59)37(3)4/h11-12,15-22,25-34,50-51,56H,3,9-10,13-14,23-24,35-36H2,1-2,4-8H3/q+1. The number of nitrogens with one attached hydrogen (secondary N) is 1. The lowest BCUT2D eigenvalue weighted by Gasteiger charge is -2.33. The molecule has 0 amide bonds. The molecule has 0 heterocycles. The van der Waals surface area contributed by atoms with Crippen LogP contribution < -0.4 is 15.1 Å². The largest absolute Gasteiger partial charge is 0.457 e. The SMILES string of the molecule is C=C(C)C(=O)OC1CCCCC1Nc1ccc([C+](c2ccc(N(CCC)c3c(C)cccc3C)cc2)c2ccc(N(CCC)c3c(C)cccc3C)cc2)c2ccccc12. The van der Waals surface area contributed by atoms with E-state index in [1.807, 2.05) is 0 Å². The Hall–Kier alpha value is -5.94. The Morgan fingerprint density at radius 3 is 1.62 bits per heavy atom. The number of benzene rings is 6. The van der Waals surface area contributed by atoms with Crippen LogP contribution in [0.3, 0.4) is 0 Å². The van der Waals surface area contributed by atoms with Crippen molar-refractivity contribution >= 4 is 45.2 Å². The highest BCUT2D eigenvalue weighted by atomic mass is 16.5. The predicted octanol–water partition coefficient (Wildman–Crippen LogP) is 14.0. The minimum Gasteiger partial charge on any atom is -0.457 e. The smallest absolute Gasteiger partial charge is 0.333 e. The summed E-state index contributed by atoms with van der Waals surface area (Å²) >= 11 is 0. The molecule has 1 aliphatic carbocycles. The van der Waals surface area contributed by atoms with E-state index < -0.39 is 0 Å². The van der Waals surface area contributed by atoms with Gasteiger partial charge >= 0.3 is 5.97 Å². The summed E-state index contributed by atoms with van der Waals surface area (Å²) in [5, 5.41) is 6.16. The van der Waals surface area contributed by atoms with Crippen LogP contribution in [0.15, 0.2) is 133 Å². The van der Waals surface area contributed by atoms with Gasteiger partial charge in [0, 0.05) is 40.8 Å². The molecule has 1 fully saturated rings. The first-order valence-corrected chi connectivity index (χ1v) is 22.0. The summed E-state index contributed by atoms with van der Waals surface area (Å²) in [5.41, 5.74) is 15.1. The first-order chi connectivity index (χ1) is 29.1. The Morgan fingerprint density at radius 1 is 0.650 bits per heavy atom. The molecule has 7 rings (SSSR count). The number of esters is 1. The van der Waals surface area contributed by atoms with E-state index in [1.54, 1.807) is 6.92 Å². The molecule has 0 spiro atoms. The van der Waals surface area contributed by atoms with Gasteiger partial charge in [-0.2, -0.15) is 0 Å². The van der Waals surface area contributed by atoms with Gasteiger partial charge in [-0.25, -0.2) is 4.79 Å². The van der Waals surface area contributed by atoms with E-state index in [0.717, 1.165) is 73.8 Å². The summed E-state index contributed by atoms with van der Waals surface area (Å²) < 4.78 is 5.98. The van der Waals surface area contributed by atoms with Gasteiger partial charge in [0.1, 0.15) is 6.10 Å².